The summed E-state index contributed by atoms with van der Waals surface area (Å²) in [5.74, 6) is 1.64. The lowest BCUT2D eigenvalue weighted by Gasteiger charge is -2.26. The maximum Gasteiger partial charge on any atom is 0.229 e. The smallest absolute Gasteiger partial charge is 0.229 e. The molecular weight excluding hydrogens is 278 g/mol. The standard InChI is InChI=1S/C13H16ClN5O/c14-12-16-11(10(15)9-5-4-8-20-9)17-13(18-12)19-6-2-1-3-7-19/h4-5,8,10H,1-3,6-7,15H2. The van der Waals surface area contributed by atoms with Crippen molar-refractivity contribution in [2.45, 2.75) is 25.3 Å². The van der Waals surface area contributed by atoms with Crippen LogP contribution in [0.3, 0.4) is 0 Å². The zero-order chi connectivity index (χ0) is 13.9. The van der Waals surface area contributed by atoms with Crippen molar-refractivity contribution >= 4 is 17.5 Å². The van der Waals surface area contributed by atoms with Gasteiger partial charge in [-0.25, -0.2) is 4.98 Å². The van der Waals surface area contributed by atoms with E-state index in [-0.39, 0.29) is 5.28 Å². The highest BCUT2D eigenvalue weighted by Crippen LogP contribution is 2.22. The van der Waals surface area contributed by atoms with Gasteiger partial charge in [0.2, 0.25) is 11.2 Å². The molecule has 0 aromatic carbocycles. The lowest BCUT2D eigenvalue weighted by Crippen LogP contribution is -2.32. The monoisotopic (exact) mass is 293 g/mol. The van der Waals surface area contributed by atoms with Crippen LogP contribution in [0.4, 0.5) is 5.95 Å². The second-order valence-corrected chi connectivity index (χ2v) is 5.14. The second kappa shape index (κ2) is 5.76. The number of hydrogen-bond donors (Lipinski definition) is 1. The molecule has 1 aliphatic rings. The van der Waals surface area contributed by atoms with E-state index in [1.807, 2.05) is 0 Å². The van der Waals surface area contributed by atoms with Gasteiger partial charge in [0.15, 0.2) is 5.82 Å². The number of halogens is 1. The van der Waals surface area contributed by atoms with Crippen molar-refractivity contribution < 1.29 is 4.42 Å². The van der Waals surface area contributed by atoms with Crippen molar-refractivity contribution in [3.05, 3.63) is 35.3 Å². The van der Waals surface area contributed by atoms with Gasteiger partial charge in [-0.2, -0.15) is 9.97 Å². The molecule has 2 N–H and O–H groups in total. The molecule has 106 valence electrons. The largest absolute Gasteiger partial charge is 0.467 e. The molecular formula is C13H16ClN5O. The molecule has 0 radical (unpaired) electrons. The number of furan rings is 1. The molecule has 1 atom stereocenters. The highest BCUT2D eigenvalue weighted by molar-refractivity contribution is 6.28. The Bertz CT molecular complexity index is 568. The van der Waals surface area contributed by atoms with Gasteiger partial charge in [0, 0.05) is 13.1 Å². The number of rotatable bonds is 3. The third-order valence-electron chi connectivity index (χ3n) is 3.38. The predicted octanol–water partition coefficient (Wildman–Crippen LogP) is 2.16. The van der Waals surface area contributed by atoms with Crippen molar-refractivity contribution in [2.24, 2.45) is 5.73 Å². The van der Waals surface area contributed by atoms with E-state index in [4.69, 9.17) is 21.8 Å². The van der Waals surface area contributed by atoms with Crippen LogP contribution in [0.25, 0.3) is 0 Å². The molecule has 1 unspecified atom stereocenters. The lowest BCUT2D eigenvalue weighted by molar-refractivity contribution is 0.480. The third kappa shape index (κ3) is 2.76. The summed E-state index contributed by atoms with van der Waals surface area (Å²) in [4.78, 5) is 14.9. The Morgan fingerprint density at radius 3 is 2.70 bits per heavy atom. The summed E-state index contributed by atoms with van der Waals surface area (Å²) in [6, 6.07) is 3.04. The molecule has 7 heteroatoms. The SMILES string of the molecule is NC(c1nc(Cl)nc(N2CCCCC2)n1)c1ccco1. The highest BCUT2D eigenvalue weighted by atomic mass is 35.5. The van der Waals surface area contributed by atoms with Crippen LogP contribution in [0.15, 0.2) is 22.8 Å². The van der Waals surface area contributed by atoms with E-state index >= 15 is 0 Å². The summed E-state index contributed by atoms with van der Waals surface area (Å²) < 4.78 is 5.29. The maximum atomic E-state index is 6.10. The Morgan fingerprint density at radius 2 is 2.00 bits per heavy atom. The molecule has 0 aliphatic carbocycles. The van der Waals surface area contributed by atoms with Crippen LogP contribution in [-0.4, -0.2) is 28.0 Å². The van der Waals surface area contributed by atoms with Gasteiger partial charge >= 0.3 is 0 Å². The minimum absolute atomic E-state index is 0.164. The molecule has 0 amide bonds. The first-order valence-electron chi connectivity index (χ1n) is 6.69. The minimum Gasteiger partial charge on any atom is -0.467 e. The molecule has 2 aromatic heterocycles. The van der Waals surface area contributed by atoms with Gasteiger partial charge < -0.3 is 15.1 Å². The Morgan fingerprint density at radius 1 is 1.20 bits per heavy atom. The first-order valence-corrected chi connectivity index (χ1v) is 7.07. The van der Waals surface area contributed by atoms with Crippen molar-refractivity contribution in [3.63, 3.8) is 0 Å². The van der Waals surface area contributed by atoms with Gasteiger partial charge in [-0.3, -0.25) is 0 Å². The Balaban J connectivity index is 1.89. The molecule has 3 heterocycles. The van der Waals surface area contributed by atoms with Crippen LogP contribution in [0.1, 0.15) is 36.9 Å². The van der Waals surface area contributed by atoms with E-state index < -0.39 is 6.04 Å². The number of hydrogen-bond acceptors (Lipinski definition) is 6. The second-order valence-electron chi connectivity index (χ2n) is 4.80. The van der Waals surface area contributed by atoms with Gasteiger partial charge in [-0.05, 0) is 43.0 Å². The van der Waals surface area contributed by atoms with Gasteiger partial charge in [-0.1, -0.05) is 0 Å². The minimum atomic E-state index is -0.533. The summed E-state index contributed by atoms with van der Waals surface area (Å²) in [5.41, 5.74) is 6.10. The van der Waals surface area contributed by atoms with Crippen molar-refractivity contribution in [1.82, 2.24) is 15.0 Å². The van der Waals surface area contributed by atoms with Crippen LogP contribution in [-0.2, 0) is 0 Å². The van der Waals surface area contributed by atoms with E-state index in [1.165, 1.54) is 6.42 Å². The molecule has 20 heavy (non-hydrogen) atoms. The fourth-order valence-corrected chi connectivity index (χ4v) is 2.49. The molecule has 0 spiro atoms. The topological polar surface area (TPSA) is 81.1 Å². The van der Waals surface area contributed by atoms with Crippen molar-refractivity contribution in [3.8, 4) is 0 Å². The predicted molar refractivity (Wildman–Crippen MR) is 75.6 cm³/mol. The zero-order valence-corrected chi connectivity index (χ0v) is 11.8. The number of aromatic nitrogens is 3. The van der Waals surface area contributed by atoms with E-state index in [0.717, 1.165) is 25.9 Å². The fourth-order valence-electron chi connectivity index (χ4n) is 2.32. The van der Waals surface area contributed by atoms with Crippen LogP contribution in [0.2, 0.25) is 5.28 Å². The van der Waals surface area contributed by atoms with Gasteiger partial charge in [-0.15, -0.1) is 0 Å². The molecule has 6 nitrogen and oxygen atoms in total. The average molecular weight is 294 g/mol. The highest BCUT2D eigenvalue weighted by Gasteiger charge is 2.20. The van der Waals surface area contributed by atoms with Crippen LogP contribution in [0.5, 0.6) is 0 Å². The Hall–Kier alpha value is -1.66. The normalized spacial score (nSPS) is 17.2. The molecule has 3 rings (SSSR count). The van der Waals surface area contributed by atoms with Crippen molar-refractivity contribution in [1.29, 1.82) is 0 Å². The quantitative estimate of drug-likeness (QED) is 0.934. The van der Waals surface area contributed by atoms with E-state index in [2.05, 4.69) is 19.9 Å². The van der Waals surface area contributed by atoms with E-state index in [1.54, 1.807) is 18.4 Å². The molecule has 2 aromatic rings. The first kappa shape index (κ1) is 13.3. The number of nitrogens with two attached hydrogens (primary N) is 1. The molecule has 1 saturated heterocycles. The van der Waals surface area contributed by atoms with Gasteiger partial charge in [0.1, 0.15) is 11.8 Å². The summed E-state index contributed by atoms with van der Waals surface area (Å²) >= 11 is 6.00. The molecule has 0 saturated carbocycles. The third-order valence-corrected chi connectivity index (χ3v) is 3.55. The lowest BCUT2D eigenvalue weighted by atomic mass is 10.1. The number of anilines is 1. The van der Waals surface area contributed by atoms with Crippen molar-refractivity contribution in [2.75, 3.05) is 18.0 Å². The molecule has 0 bridgehead atoms. The summed E-state index contributed by atoms with van der Waals surface area (Å²) in [6.45, 7) is 1.88. The fraction of sp³-hybridized carbons (Fsp3) is 0.462. The first-order chi connectivity index (χ1) is 9.74. The summed E-state index contributed by atoms with van der Waals surface area (Å²) in [7, 11) is 0. The van der Waals surface area contributed by atoms with E-state index in [9.17, 15) is 0 Å². The summed E-state index contributed by atoms with van der Waals surface area (Å²) in [5, 5.41) is 0.164. The number of nitrogens with zero attached hydrogens (tertiary/aromatic N) is 4. The summed E-state index contributed by atoms with van der Waals surface area (Å²) in [6.07, 6.45) is 5.10. The molecule has 1 fully saturated rings. The molecule has 1 aliphatic heterocycles. The van der Waals surface area contributed by atoms with E-state index in [0.29, 0.717) is 17.5 Å². The van der Waals surface area contributed by atoms with Gasteiger partial charge in [0.05, 0.1) is 6.26 Å². The van der Waals surface area contributed by atoms with Crippen LogP contribution in [0, 0.1) is 0 Å². The average Bonchev–Trinajstić information content (AvgIpc) is 3.01. The van der Waals surface area contributed by atoms with Crippen LogP contribution < -0.4 is 10.6 Å². The van der Waals surface area contributed by atoms with Gasteiger partial charge in [0.25, 0.3) is 0 Å². The maximum absolute atomic E-state index is 6.10. The Kier molecular flexibility index (Phi) is 3.84. The Labute approximate surface area is 122 Å². The number of piperidine rings is 1. The van der Waals surface area contributed by atoms with Crippen LogP contribution >= 0.6 is 11.6 Å². The zero-order valence-electron chi connectivity index (χ0n) is 11.0.